The Morgan fingerprint density at radius 3 is 2.62 bits per heavy atom. The monoisotopic (exact) mass is 217 g/mol. The maximum Gasteiger partial charge on any atom is 0.226 e. The zero-order chi connectivity index (χ0) is 11.5. The van der Waals surface area contributed by atoms with Gasteiger partial charge in [0.1, 0.15) is 0 Å². The molecule has 0 aromatic heterocycles. The van der Waals surface area contributed by atoms with E-state index in [9.17, 15) is 4.79 Å². The van der Waals surface area contributed by atoms with Crippen LogP contribution in [-0.4, -0.2) is 23.9 Å². The Kier molecular flexibility index (Phi) is 3.28. The van der Waals surface area contributed by atoms with Gasteiger partial charge in [0.2, 0.25) is 5.91 Å². The summed E-state index contributed by atoms with van der Waals surface area (Å²) in [5, 5.41) is 0. The summed E-state index contributed by atoms with van der Waals surface area (Å²) in [5.41, 5.74) is 2.36. The highest BCUT2D eigenvalue weighted by Crippen LogP contribution is 2.16. The van der Waals surface area contributed by atoms with Gasteiger partial charge in [0.25, 0.3) is 0 Å². The number of benzene rings is 1. The van der Waals surface area contributed by atoms with Crippen LogP contribution in [0.25, 0.3) is 0 Å². The number of carbonyl (C=O) groups is 1. The molecule has 0 aliphatic carbocycles. The SMILES string of the molecule is Cc1ccc(CC(=O)N2CCC(C)C2)cc1. The van der Waals surface area contributed by atoms with Crippen molar-refractivity contribution in [1.82, 2.24) is 4.90 Å². The molecule has 1 atom stereocenters. The van der Waals surface area contributed by atoms with Gasteiger partial charge in [-0.3, -0.25) is 4.79 Å². The van der Waals surface area contributed by atoms with E-state index in [-0.39, 0.29) is 5.91 Å². The molecule has 0 spiro atoms. The Morgan fingerprint density at radius 2 is 2.06 bits per heavy atom. The van der Waals surface area contributed by atoms with E-state index >= 15 is 0 Å². The van der Waals surface area contributed by atoms with Crippen LogP contribution in [0, 0.1) is 12.8 Å². The molecule has 0 bridgehead atoms. The van der Waals surface area contributed by atoms with Gasteiger partial charge in [-0.05, 0) is 24.8 Å². The van der Waals surface area contributed by atoms with E-state index in [0.29, 0.717) is 12.3 Å². The van der Waals surface area contributed by atoms with E-state index in [1.807, 2.05) is 17.0 Å². The van der Waals surface area contributed by atoms with Gasteiger partial charge in [0.15, 0.2) is 0 Å². The number of carbonyl (C=O) groups excluding carboxylic acids is 1. The van der Waals surface area contributed by atoms with E-state index < -0.39 is 0 Å². The molecule has 86 valence electrons. The van der Waals surface area contributed by atoms with Crippen molar-refractivity contribution in [3.63, 3.8) is 0 Å². The third kappa shape index (κ3) is 2.63. The molecule has 1 unspecified atom stereocenters. The van der Waals surface area contributed by atoms with Crippen molar-refractivity contribution >= 4 is 5.91 Å². The van der Waals surface area contributed by atoms with E-state index in [2.05, 4.69) is 26.0 Å². The normalized spacial score (nSPS) is 20.1. The van der Waals surface area contributed by atoms with Crippen LogP contribution >= 0.6 is 0 Å². The summed E-state index contributed by atoms with van der Waals surface area (Å²) in [7, 11) is 0. The van der Waals surface area contributed by atoms with Gasteiger partial charge >= 0.3 is 0 Å². The largest absolute Gasteiger partial charge is 0.342 e. The first kappa shape index (κ1) is 11.2. The predicted octanol–water partition coefficient (Wildman–Crippen LogP) is 2.41. The first-order valence-corrected chi connectivity index (χ1v) is 5.98. The smallest absolute Gasteiger partial charge is 0.226 e. The van der Waals surface area contributed by atoms with Crippen LogP contribution in [0.15, 0.2) is 24.3 Å². The minimum Gasteiger partial charge on any atom is -0.342 e. The Morgan fingerprint density at radius 1 is 1.38 bits per heavy atom. The molecule has 1 amide bonds. The highest BCUT2D eigenvalue weighted by atomic mass is 16.2. The number of hydrogen-bond acceptors (Lipinski definition) is 1. The van der Waals surface area contributed by atoms with Crippen molar-refractivity contribution in [3.05, 3.63) is 35.4 Å². The lowest BCUT2D eigenvalue weighted by Crippen LogP contribution is -2.29. The average Bonchev–Trinajstić information content (AvgIpc) is 2.68. The predicted molar refractivity (Wildman–Crippen MR) is 65.2 cm³/mol. The third-order valence-corrected chi connectivity index (χ3v) is 3.25. The number of amides is 1. The summed E-state index contributed by atoms with van der Waals surface area (Å²) in [4.78, 5) is 14.0. The fraction of sp³-hybridized carbons (Fsp3) is 0.500. The molecule has 2 rings (SSSR count). The van der Waals surface area contributed by atoms with Gasteiger partial charge in [-0.1, -0.05) is 36.8 Å². The van der Waals surface area contributed by atoms with Crippen LogP contribution in [0.1, 0.15) is 24.5 Å². The second kappa shape index (κ2) is 4.69. The van der Waals surface area contributed by atoms with E-state index in [1.54, 1.807) is 0 Å². The highest BCUT2D eigenvalue weighted by molar-refractivity contribution is 5.79. The zero-order valence-corrected chi connectivity index (χ0v) is 10.1. The number of hydrogen-bond donors (Lipinski definition) is 0. The average molecular weight is 217 g/mol. The molecular formula is C14H19NO. The zero-order valence-electron chi connectivity index (χ0n) is 10.1. The molecule has 16 heavy (non-hydrogen) atoms. The Hall–Kier alpha value is -1.31. The quantitative estimate of drug-likeness (QED) is 0.745. The number of nitrogens with zero attached hydrogens (tertiary/aromatic N) is 1. The summed E-state index contributed by atoms with van der Waals surface area (Å²) in [5.74, 6) is 0.940. The van der Waals surface area contributed by atoms with Crippen molar-refractivity contribution in [2.24, 2.45) is 5.92 Å². The molecule has 0 N–H and O–H groups in total. The van der Waals surface area contributed by atoms with E-state index in [4.69, 9.17) is 0 Å². The molecule has 1 aromatic carbocycles. The summed E-state index contributed by atoms with van der Waals surface area (Å²) in [6.07, 6.45) is 1.70. The number of likely N-dealkylation sites (tertiary alicyclic amines) is 1. The molecule has 2 nitrogen and oxygen atoms in total. The van der Waals surface area contributed by atoms with Crippen LogP contribution < -0.4 is 0 Å². The Bertz CT molecular complexity index is 369. The Balaban J connectivity index is 1.94. The van der Waals surface area contributed by atoms with Crippen molar-refractivity contribution in [3.8, 4) is 0 Å². The molecule has 1 aliphatic rings. The molecule has 1 aliphatic heterocycles. The number of aryl methyl sites for hydroxylation is 1. The van der Waals surface area contributed by atoms with Crippen molar-refractivity contribution in [1.29, 1.82) is 0 Å². The lowest BCUT2D eigenvalue weighted by atomic mass is 10.1. The molecule has 1 saturated heterocycles. The van der Waals surface area contributed by atoms with Gasteiger partial charge < -0.3 is 4.90 Å². The fourth-order valence-electron chi connectivity index (χ4n) is 2.15. The van der Waals surface area contributed by atoms with Crippen LogP contribution in [0.4, 0.5) is 0 Å². The molecule has 1 heterocycles. The van der Waals surface area contributed by atoms with E-state index in [1.165, 1.54) is 5.56 Å². The third-order valence-electron chi connectivity index (χ3n) is 3.25. The van der Waals surface area contributed by atoms with Crippen molar-refractivity contribution < 1.29 is 4.79 Å². The minimum atomic E-state index is 0.271. The molecule has 1 fully saturated rings. The van der Waals surface area contributed by atoms with Gasteiger partial charge in [0.05, 0.1) is 6.42 Å². The lowest BCUT2D eigenvalue weighted by molar-refractivity contribution is -0.129. The standard InChI is InChI=1S/C14H19NO/c1-11-3-5-13(6-4-11)9-14(16)15-8-7-12(2)10-15/h3-6,12H,7-10H2,1-2H3. The maximum atomic E-state index is 12.0. The second-order valence-corrected chi connectivity index (χ2v) is 4.90. The minimum absolute atomic E-state index is 0.271. The molecule has 2 heteroatoms. The fourth-order valence-corrected chi connectivity index (χ4v) is 2.15. The lowest BCUT2D eigenvalue weighted by Gasteiger charge is -2.15. The number of rotatable bonds is 2. The summed E-state index contributed by atoms with van der Waals surface area (Å²) < 4.78 is 0. The molecule has 1 aromatic rings. The Labute approximate surface area is 97.3 Å². The van der Waals surface area contributed by atoms with Crippen LogP contribution in [-0.2, 0) is 11.2 Å². The first-order valence-electron chi connectivity index (χ1n) is 5.98. The summed E-state index contributed by atoms with van der Waals surface area (Å²) >= 11 is 0. The van der Waals surface area contributed by atoms with Crippen LogP contribution in [0.5, 0.6) is 0 Å². The summed E-state index contributed by atoms with van der Waals surface area (Å²) in [6, 6.07) is 8.23. The summed E-state index contributed by atoms with van der Waals surface area (Å²) in [6.45, 7) is 6.14. The van der Waals surface area contributed by atoms with Gasteiger partial charge in [-0.25, -0.2) is 0 Å². The first-order chi connectivity index (χ1) is 7.65. The molecule has 0 saturated carbocycles. The van der Waals surface area contributed by atoms with Crippen molar-refractivity contribution in [2.45, 2.75) is 26.7 Å². The van der Waals surface area contributed by atoms with Crippen LogP contribution in [0.3, 0.4) is 0 Å². The topological polar surface area (TPSA) is 20.3 Å². The van der Waals surface area contributed by atoms with E-state index in [0.717, 1.165) is 25.1 Å². The molecular weight excluding hydrogens is 198 g/mol. The maximum absolute atomic E-state index is 12.0. The van der Waals surface area contributed by atoms with Gasteiger partial charge in [-0.15, -0.1) is 0 Å². The van der Waals surface area contributed by atoms with Crippen molar-refractivity contribution in [2.75, 3.05) is 13.1 Å². The van der Waals surface area contributed by atoms with Gasteiger partial charge in [0, 0.05) is 13.1 Å². The van der Waals surface area contributed by atoms with Gasteiger partial charge in [-0.2, -0.15) is 0 Å². The highest BCUT2D eigenvalue weighted by Gasteiger charge is 2.22. The molecule has 0 radical (unpaired) electrons. The van der Waals surface area contributed by atoms with Crippen LogP contribution in [0.2, 0.25) is 0 Å². The second-order valence-electron chi connectivity index (χ2n) is 4.90.